The first kappa shape index (κ1) is 18.8. The van der Waals surface area contributed by atoms with Crippen LogP contribution in [0, 0.1) is 0 Å². The Hall–Kier alpha value is -1.96. The highest BCUT2D eigenvalue weighted by molar-refractivity contribution is 5.76. The van der Waals surface area contributed by atoms with Crippen LogP contribution in [0.3, 0.4) is 0 Å². The van der Waals surface area contributed by atoms with E-state index in [0.717, 1.165) is 12.2 Å². The number of carbonyl (C=O) groups is 1. The van der Waals surface area contributed by atoms with E-state index in [1.807, 2.05) is 6.92 Å². The average molecular weight is 373 g/mol. The number of piperidine rings is 1. The minimum absolute atomic E-state index is 0.0260. The topological polar surface area (TPSA) is 56.8 Å². The SMILES string of the molecule is CCCOc1ccc(O[C@@H]2C[C@@H]3CC[C@@](OC(=O)C(F)(F)F)(C2)N3)cc1. The molecule has 2 fully saturated rings. The van der Waals surface area contributed by atoms with Gasteiger partial charge in [-0.25, -0.2) is 4.79 Å². The molecular formula is C18H22F3NO4. The predicted octanol–water partition coefficient (Wildman–Crippen LogP) is 3.57. The van der Waals surface area contributed by atoms with Crippen molar-refractivity contribution in [3.63, 3.8) is 0 Å². The molecular weight excluding hydrogens is 351 g/mol. The minimum atomic E-state index is -5.00. The highest BCUT2D eigenvalue weighted by Crippen LogP contribution is 2.39. The van der Waals surface area contributed by atoms with Gasteiger partial charge in [0, 0.05) is 18.9 Å². The average Bonchev–Trinajstić information content (AvgIpc) is 2.88. The van der Waals surface area contributed by atoms with Crippen molar-refractivity contribution in [2.45, 2.75) is 63.1 Å². The fourth-order valence-electron chi connectivity index (χ4n) is 3.50. The molecule has 1 aromatic carbocycles. The molecule has 0 radical (unpaired) electrons. The van der Waals surface area contributed by atoms with Gasteiger partial charge < -0.3 is 14.2 Å². The molecule has 0 unspecified atom stereocenters. The smallest absolute Gasteiger partial charge is 0.490 e. The van der Waals surface area contributed by atoms with Gasteiger partial charge in [0.05, 0.1) is 6.61 Å². The maximum atomic E-state index is 12.5. The molecule has 0 amide bonds. The number of alkyl halides is 3. The Balaban J connectivity index is 1.62. The van der Waals surface area contributed by atoms with Crippen LogP contribution in [0.4, 0.5) is 13.2 Å². The Labute approximate surface area is 149 Å². The summed E-state index contributed by atoms with van der Waals surface area (Å²) < 4.78 is 53.9. The summed E-state index contributed by atoms with van der Waals surface area (Å²) in [5, 5.41) is 3.01. The first-order valence-electron chi connectivity index (χ1n) is 8.77. The molecule has 2 bridgehead atoms. The zero-order valence-corrected chi connectivity index (χ0v) is 14.5. The lowest BCUT2D eigenvalue weighted by atomic mass is 9.99. The monoisotopic (exact) mass is 373 g/mol. The van der Waals surface area contributed by atoms with Crippen LogP contribution < -0.4 is 14.8 Å². The first-order valence-corrected chi connectivity index (χ1v) is 8.77. The van der Waals surface area contributed by atoms with Crippen LogP contribution >= 0.6 is 0 Å². The summed E-state index contributed by atoms with van der Waals surface area (Å²) in [6.07, 6.45) is -2.59. The summed E-state index contributed by atoms with van der Waals surface area (Å²) >= 11 is 0. The van der Waals surface area contributed by atoms with E-state index in [0.29, 0.717) is 31.6 Å². The van der Waals surface area contributed by atoms with Gasteiger partial charge in [-0.3, -0.25) is 5.32 Å². The Bertz CT molecular complexity index is 634. The van der Waals surface area contributed by atoms with Crippen LogP contribution in [0.5, 0.6) is 11.5 Å². The highest BCUT2D eigenvalue weighted by atomic mass is 19.4. The number of carbonyl (C=O) groups excluding carboxylic acids is 1. The Morgan fingerprint density at radius 1 is 1.27 bits per heavy atom. The van der Waals surface area contributed by atoms with Crippen LogP contribution in [0.25, 0.3) is 0 Å². The number of hydrogen-bond acceptors (Lipinski definition) is 5. The molecule has 2 aliphatic heterocycles. The molecule has 5 nitrogen and oxygen atoms in total. The summed E-state index contributed by atoms with van der Waals surface area (Å²) in [4.78, 5) is 11.3. The second-order valence-electron chi connectivity index (χ2n) is 6.76. The van der Waals surface area contributed by atoms with Gasteiger partial charge in [-0.2, -0.15) is 13.2 Å². The van der Waals surface area contributed by atoms with Gasteiger partial charge in [-0.15, -0.1) is 0 Å². The molecule has 1 N–H and O–H groups in total. The maximum Gasteiger partial charge on any atom is 0.490 e. The van der Waals surface area contributed by atoms with E-state index in [2.05, 4.69) is 5.32 Å². The van der Waals surface area contributed by atoms with Crippen molar-refractivity contribution >= 4 is 5.97 Å². The van der Waals surface area contributed by atoms with Crippen LogP contribution in [0.1, 0.15) is 39.0 Å². The molecule has 2 saturated heterocycles. The predicted molar refractivity (Wildman–Crippen MR) is 86.9 cm³/mol. The maximum absolute atomic E-state index is 12.5. The van der Waals surface area contributed by atoms with Gasteiger partial charge in [-0.1, -0.05) is 6.92 Å². The Morgan fingerprint density at radius 2 is 1.96 bits per heavy atom. The summed E-state index contributed by atoms with van der Waals surface area (Å²) in [5.41, 5.74) is -1.30. The zero-order chi connectivity index (χ0) is 18.8. The summed E-state index contributed by atoms with van der Waals surface area (Å²) in [5.74, 6) is -0.818. The van der Waals surface area contributed by atoms with E-state index in [1.54, 1.807) is 24.3 Å². The molecule has 8 heteroatoms. The van der Waals surface area contributed by atoms with Gasteiger partial charge >= 0.3 is 12.1 Å². The molecule has 144 valence electrons. The molecule has 0 spiro atoms. The van der Waals surface area contributed by atoms with Crippen molar-refractivity contribution in [2.24, 2.45) is 0 Å². The van der Waals surface area contributed by atoms with Crippen LogP contribution in [0.15, 0.2) is 24.3 Å². The van der Waals surface area contributed by atoms with Gasteiger partial charge in [0.15, 0.2) is 5.72 Å². The van der Waals surface area contributed by atoms with Crippen molar-refractivity contribution in [1.29, 1.82) is 0 Å². The van der Waals surface area contributed by atoms with Crippen LogP contribution in [0.2, 0.25) is 0 Å². The summed E-state index contributed by atoms with van der Waals surface area (Å²) in [6.45, 7) is 2.65. The lowest BCUT2D eigenvalue weighted by molar-refractivity contribution is -0.219. The van der Waals surface area contributed by atoms with Crippen LogP contribution in [-0.4, -0.2) is 36.6 Å². The molecule has 3 atom stereocenters. The standard InChI is InChI=1S/C18H22F3NO4/c1-2-9-24-13-3-5-14(6-4-13)25-15-10-12-7-8-17(11-15,22-12)26-16(23)18(19,20)21/h3-6,12,15,22H,2,7-11H2,1H3/t12-,15+,17+/m0/s1. The van der Waals surface area contributed by atoms with E-state index in [1.165, 1.54) is 0 Å². The van der Waals surface area contributed by atoms with Crippen molar-refractivity contribution in [1.82, 2.24) is 5.32 Å². The third-order valence-corrected chi connectivity index (χ3v) is 4.59. The van der Waals surface area contributed by atoms with Gasteiger partial charge in [0.2, 0.25) is 0 Å². The summed E-state index contributed by atoms with van der Waals surface area (Å²) in [6, 6.07) is 7.09. The molecule has 26 heavy (non-hydrogen) atoms. The molecule has 0 aliphatic carbocycles. The number of nitrogens with one attached hydrogen (secondary N) is 1. The number of fused-ring (bicyclic) bond motifs is 2. The quantitative estimate of drug-likeness (QED) is 0.773. The van der Waals surface area contributed by atoms with Crippen molar-refractivity contribution in [3.8, 4) is 11.5 Å². The number of halogens is 3. The third-order valence-electron chi connectivity index (χ3n) is 4.59. The van der Waals surface area contributed by atoms with E-state index < -0.39 is 17.9 Å². The Morgan fingerprint density at radius 3 is 2.62 bits per heavy atom. The second kappa shape index (κ2) is 7.34. The lowest BCUT2D eigenvalue weighted by Gasteiger charge is -2.38. The summed E-state index contributed by atoms with van der Waals surface area (Å²) in [7, 11) is 0. The molecule has 0 aromatic heterocycles. The fourth-order valence-corrected chi connectivity index (χ4v) is 3.50. The largest absolute Gasteiger partial charge is 0.494 e. The van der Waals surface area contributed by atoms with E-state index in [9.17, 15) is 18.0 Å². The van der Waals surface area contributed by atoms with Crippen molar-refractivity contribution in [3.05, 3.63) is 24.3 Å². The molecule has 0 saturated carbocycles. The van der Waals surface area contributed by atoms with Gasteiger partial charge in [0.25, 0.3) is 0 Å². The third kappa shape index (κ3) is 4.41. The highest BCUT2D eigenvalue weighted by Gasteiger charge is 2.53. The normalized spacial score (nSPS) is 27.8. The molecule has 3 rings (SSSR count). The number of hydrogen-bond donors (Lipinski definition) is 1. The number of rotatable bonds is 6. The minimum Gasteiger partial charge on any atom is -0.494 e. The number of esters is 1. The van der Waals surface area contributed by atoms with Crippen molar-refractivity contribution < 1.29 is 32.2 Å². The lowest BCUT2D eigenvalue weighted by Crippen LogP contribution is -2.56. The van der Waals surface area contributed by atoms with Gasteiger partial charge in [-0.05, 0) is 43.5 Å². The fraction of sp³-hybridized carbons (Fsp3) is 0.611. The van der Waals surface area contributed by atoms with Crippen molar-refractivity contribution in [2.75, 3.05) is 6.61 Å². The first-order chi connectivity index (χ1) is 12.3. The van der Waals surface area contributed by atoms with E-state index in [-0.39, 0.29) is 18.6 Å². The number of ether oxygens (including phenoxy) is 3. The van der Waals surface area contributed by atoms with Crippen LogP contribution in [-0.2, 0) is 9.53 Å². The zero-order valence-electron chi connectivity index (χ0n) is 14.5. The van der Waals surface area contributed by atoms with Gasteiger partial charge in [0.1, 0.15) is 17.6 Å². The Kier molecular flexibility index (Phi) is 5.32. The molecule has 1 aromatic rings. The molecule has 2 aliphatic rings. The van der Waals surface area contributed by atoms with E-state index >= 15 is 0 Å². The van der Waals surface area contributed by atoms with E-state index in [4.69, 9.17) is 14.2 Å². The number of benzene rings is 1. The second-order valence-corrected chi connectivity index (χ2v) is 6.76. The molecule has 2 heterocycles.